The van der Waals surface area contributed by atoms with Crippen LogP contribution < -0.4 is 4.74 Å². The Labute approximate surface area is 153 Å². The summed E-state index contributed by atoms with van der Waals surface area (Å²) in [6, 6.07) is 17.8. The van der Waals surface area contributed by atoms with E-state index in [0.29, 0.717) is 0 Å². The van der Waals surface area contributed by atoms with Crippen molar-refractivity contribution >= 4 is 16.8 Å². The summed E-state index contributed by atoms with van der Waals surface area (Å²) in [5, 5.41) is 1.08. The van der Waals surface area contributed by atoms with Crippen LogP contribution in [0.3, 0.4) is 0 Å². The molecule has 0 radical (unpaired) electrons. The maximum absolute atomic E-state index is 12.7. The Bertz CT molecular complexity index is 925. The highest BCUT2D eigenvalue weighted by Crippen LogP contribution is 2.26. The number of likely N-dealkylation sites (tertiary alicyclic amines) is 1. The third-order valence-electron chi connectivity index (χ3n) is 4.88. The summed E-state index contributed by atoms with van der Waals surface area (Å²) in [7, 11) is 0. The van der Waals surface area contributed by atoms with E-state index in [1.165, 1.54) is 0 Å². The second-order valence-electron chi connectivity index (χ2n) is 6.81. The van der Waals surface area contributed by atoms with Crippen molar-refractivity contribution in [2.45, 2.75) is 25.9 Å². The Hall–Kier alpha value is -2.88. The third-order valence-corrected chi connectivity index (χ3v) is 4.88. The number of ether oxygens (including phenoxy) is 1. The van der Waals surface area contributed by atoms with Crippen molar-refractivity contribution in [2.24, 2.45) is 0 Å². The number of rotatable bonds is 3. The first-order chi connectivity index (χ1) is 12.7. The van der Waals surface area contributed by atoms with Gasteiger partial charge in [0.05, 0.1) is 0 Å². The van der Waals surface area contributed by atoms with Crippen molar-refractivity contribution in [1.82, 2.24) is 9.88 Å². The Morgan fingerprint density at radius 3 is 2.65 bits per heavy atom. The van der Waals surface area contributed by atoms with Gasteiger partial charge < -0.3 is 9.64 Å². The molecule has 4 nitrogen and oxygen atoms in total. The standard InChI is InChI=1S/C22H22N2O2/c1-16-5-2-7-18(15-16)22(25)24-13-10-19(11-14-24)26-20-9-3-6-17-8-4-12-23-21(17)20/h2-9,12,15,19H,10-11,13-14H2,1H3. The molecule has 0 spiro atoms. The van der Waals surface area contributed by atoms with Crippen LogP contribution in [0, 0.1) is 6.92 Å². The van der Waals surface area contributed by atoms with E-state index in [0.717, 1.165) is 53.7 Å². The molecule has 1 aliphatic heterocycles. The van der Waals surface area contributed by atoms with Gasteiger partial charge >= 0.3 is 0 Å². The van der Waals surface area contributed by atoms with E-state index < -0.39 is 0 Å². The zero-order chi connectivity index (χ0) is 17.9. The summed E-state index contributed by atoms with van der Waals surface area (Å²) in [5.41, 5.74) is 2.77. The molecule has 3 aromatic rings. The minimum absolute atomic E-state index is 0.110. The molecule has 1 saturated heterocycles. The molecular formula is C22H22N2O2. The van der Waals surface area contributed by atoms with Crippen molar-refractivity contribution in [3.63, 3.8) is 0 Å². The minimum Gasteiger partial charge on any atom is -0.488 e. The van der Waals surface area contributed by atoms with Gasteiger partial charge in [-0.05, 0) is 31.2 Å². The fourth-order valence-electron chi connectivity index (χ4n) is 3.49. The van der Waals surface area contributed by atoms with Gasteiger partial charge in [-0.25, -0.2) is 0 Å². The van der Waals surface area contributed by atoms with Gasteiger partial charge in [-0.1, -0.05) is 35.9 Å². The number of hydrogen-bond acceptors (Lipinski definition) is 3. The lowest BCUT2D eigenvalue weighted by Gasteiger charge is -2.32. The third kappa shape index (κ3) is 3.40. The highest BCUT2D eigenvalue weighted by Gasteiger charge is 2.25. The average Bonchev–Trinajstić information content (AvgIpc) is 2.68. The van der Waals surface area contributed by atoms with E-state index in [1.807, 2.05) is 66.4 Å². The normalized spacial score (nSPS) is 15.2. The average molecular weight is 346 g/mol. The topological polar surface area (TPSA) is 42.4 Å². The van der Waals surface area contributed by atoms with E-state index in [-0.39, 0.29) is 12.0 Å². The number of hydrogen-bond donors (Lipinski definition) is 0. The number of fused-ring (bicyclic) bond motifs is 1. The molecule has 4 heteroatoms. The molecule has 26 heavy (non-hydrogen) atoms. The molecule has 0 atom stereocenters. The van der Waals surface area contributed by atoms with E-state index in [2.05, 4.69) is 4.98 Å². The van der Waals surface area contributed by atoms with Gasteiger partial charge in [-0.15, -0.1) is 0 Å². The first-order valence-corrected chi connectivity index (χ1v) is 9.07. The number of piperidine rings is 1. The molecule has 1 aliphatic rings. The molecule has 0 N–H and O–H groups in total. The molecule has 2 aromatic carbocycles. The zero-order valence-corrected chi connectivity index (χ0v) is 14.9. The van der Waals surface area contributed by atoms with Crippen molar-refractivity contribution in [3.8, 4) is 5.75 Å². The maximum atomic E-state index is 12.7. The summed E-state index contributed by atoms with van der Waals surface area (Å²) in [5.74, 6) is 0.936. The van der Waals surface area contributed by atoms with Gasteiger partial charge in [0.1, 0.15) is 17.4 Å². The molecule has 132 valence electrons. The SMILES string of the molecule is Cc1cccc(C(=O)N2CCC(Oc3cccc4cccnc34)CC2)c1. The number of carbonyl (C=O) groups is 1. The second-order valence-corrected chi connectivity index (χ2v) is 6.81. The monoisotopic (exact) mass is 346 g/mol. The van der Waals surface area contributed by atoms with Crippen LogP contribution in [0.25, 0.3) is 10.9 Å². The van der Waals surface area contributed by atoms with E-state index in [4.69, 9.17) is 4.74 Å². The van der Waals surface area contributed by atoms with Crippen LogP contribution in [0.1, 0.15) is 28.8 Å². The van der Waals surface area contributed by atoms with Crippen LogP contribution in [-0.4, -0.2) is 35.0 Å². The lowest BCUT2D eigenvalue weighted by molar-refractivity contribution is 0.0597. The number of aromatic nitrogens is 1. The first kappa shape index (κ1) is 16.6. The molecule has 1 amide bonds. The van der Waals surface area contributed by atoms with Crippen molar-refractivity contribution in [1.29, 1.82) is 0 Å². The molecule has 1 aromatic heterocycles. The number of nitrogens with zero attached hydrogens (tertiary/aromatic N) is 2. The van der Waals surface area contributed by atoms with Crippen molar-refractivity contribution in [3.05, 3.63) is 71.9 Å². The Balaban J connectivity index is 1.41. The molecular weight excluding hydrogens is 324 g/mol. The quantitative estimate of drug-likeness (QED) is 0.713. The Morgan fingerprint density at radius 1 is 1.08 bits per heavy atom. The van der Waals surface area contributed by atoms with Gasteiger partial charge in [-0.2, -0.15) is 0 Å². The van der Waals surface area contributed by atoms with Crippen LogP contribution in [0.2, 0.25) is 0 Å². The summed E-state index contributed by atoms with van der Waals surface area (Å²) in [6.45, 7) is 3.44. The van der Waals surface area contributed by atoms with Crippen LogP contribution in [0.5, 0.6) is 5.75 Å². The molecule has 0 bridgehead atoms. The fraction of sp³-hybridized carbons (Fsp3) is 0.273. The summed E-state index contributed by atoms with van der Waals surface area (Å²) in [6.07, 6.45) is 3.57. The summed E-state index contributed by atoms with van der Waals surface area (Å²) < 4.78 is 6.22. The molecule has 0 unspecified atom stereocenters. The lowest BCUT2D eigenvalue weighted by Crippen LogP contribution is -2.41. The predicted octanol–water partition coefficient (Wildman–Crippen LogP) is 4.23. The van der Waals surface area contributed by atoms with Gasteiger partial charge in [0.25, 0.3) is 5.91 Å². The van der Waals surface area contributed by atoms with Crippen LogP contribution in [0.4, 0.5) is 0 Å². The van der Waals surface area contributed by atoms with Crippen LogP contribution in [-0.2, 0) is 0 Å². The molecule has 2 heterocycles. The van der Waals surface area contributed by atoms with Crippen LogP contribution >= 0.6 is 0 Å². The zero-order valence-electron chi connectivity index (χ0n) is 14.9. The molecule has 4 rings (SSSR count). The lowest BCUT2D eigenvalue weighted by atomic mass is 10.1. The minimum atomic E-state index is 0.110. The maximum Gasteiger partial charge on any atom is 0.253 e. The van der Waals surface area contributed by atoms with Crippen molar-refractivity contribution in [2.75, 3.05) is 13.1 Å². The molecule has 1 fully saturated rings. The predicted molar refractivity (Wildman–Crippen MR) is 102 cm³/mol. The van der Waals surface area contributed by atoms with E-state index in [9.17, 15) is 4.79 Å². The molecule has 0 saturated carbocycles. The number of carbonyl (C=O) groups excluding carboxylic acids is 1. The smallest absolute Gasteiger partial charge is 0.253 e. The largest absolute Gasteiger partial charge is 0.488 e. The highest BCUT2D eigenvalue weighted by molar-refractivity contribution is 5.94. The van der Waals surface area contributed by atoms with Gasteiger partial charge in [0.2, 0.25) is 0 Å². The molecule has 0 aliphatic carbocycles. The highest BCUT2D eigenvalue weighted by atomic mass is 16.5. The van der Waals surface area contributed by atoms with Crippen LogP contribution in [0.15, 0.2) is 60.8 Å². The number of para-hydroxylation sites is 1. The van der Waals surface area contributed by atoms with E-state index >= 15 is 0 Å². The van der Waals surface area contributed by atoms with E-state index in [1.54, 1.807) is 6.20 Å². The number of amides is 1. The Morgan fingerprint density at radius 2 is 1.85 bits per heavy atom. The Kier molecular flexibility index (Phi) is 4.57. The number of pyridine rings is 1. The number of benzene rings is 2. The van der Waals surface area contributed by atoms with Gasteiger partial charge in [0.15, 0.2) is 0 Å². The van der Waals surface area contributed by atoms with Gasteiger partial charge in [0, 0.05) is 43.1 Å². The summed E-state index contributed by atoms with van der Waals surface area (Å²) >= 11 is 0. The second kappa shape index (κ2) is 7.16. The first-order valence-electron chi connectivity index (χ1n) is 9.07. The van der Waals surface area contributed by atoms with Crippen molar-refractivity contribution < 1.29 is 9.53 Å². The fourth-order valence-corrected chi connectivity index (χ4v) is 3.49. The summed E-state index contributed by atoms with van der Waals surface area (Å²) in [4.78, 5) is 19.0. The number of aryl methyl sites for hydroxylation is 1. The van der Waals surface area contributed by atoms with Gasteiger partial charge in [-0.3, -0.25) is 9.78 Å².